The van der Waals surface area contributed by atoms with Crippen LogP contribution in [-0.4, -0.2) is 29.3 Å². The van der Waals surface area contributed by atoms with Gasteiger partial charge < -0.3 is 10.4 Å². The lowest BCUT2D eigenvalue weighted by molar-refractivity contribution is -0.118. The quantitative estimate of drug-likeness (QED) is 0.610. The van der Waals surface area contributed by atoms with Crippen LogP contribution in [0, 0.1) is 6.92 Å². The van der Waals surface area contributed by atoms with Gasteiger partial charge in [0.2, 0.25) is 5.91 Å². The summed E-state index contributed by atoms with van der Waals surface area (Å²) in [5.74, 6) is -0.793. The number of thioether (sulfide) groups is 1. The maximum Gasteiger partial charge on any atom is 0.335 e. The minimum Gasteiger partial charge on any atom is -0.478 e. The van der Waals surface area contributed by atoms with Crippen LogP contribution in [0.15, 0.2) is 35.7 Å². The Bertz CT molecular complexity index is 471. The predicted molar refractivity (Wildman–Crippen MR) is 72.1 cm³/mol. The Morgan fingerprint density at radius 2 is 2.22 bits per heavy atom. The van der Waals surface area contributed by atoms with Gasteiger partial charge in [-0.15, -0.1) is 18.3 Å². The molecule has 96 valence electrons. The van der Waals surface area contributed by atoms with Crippen molar-refractivity contribution in [1.29, 1.82) is 0 Å². The molecule has 0 heterocycles. The van der Waals surface area contributed by atoms with Crippen LogP contribution in [0.2, 0.25) is 0 Å². The van der Waals surface area contributed by atoms with E-state index in [2.05, 4.69) is 11.9 Å². The number of hydrogen-bond acceptors (Lipinski definition) is 3. The van der Waals surface area contributed by atoms with E-state index in [1.165, 1.54) is 11.8 Å². The third-order valence-corrected chi connectivity index (χ3v) is 3.25. The van der Waals surface area contributed by atoms with Gasteiger partial charge in [0.1, 0.15) is 0 Å². The van der Waals surface area contributed by atoms with Crippen LogP contribution >= 0.6 is 11.8 Å². The molecule has 0 saturated heterocycles. The number of rotatable bonds is 6. The van der Waals surface area contributed by atoms with Gasteiger partial charge in [-0.25, -0.2) is 4.79 Å². The summed E-state index contributed by atoms with van der Waals surface area (Å²) in [6.07, 6.45) is 1.61. The minimum absolute atomic E-state index is 0.0997. The van der Waals surface area contributed by atoms with Crippen LogP contribution in [0.5, 0.6) is 0 Å². The maximum atomic E-state index is 11.4. The first kappa shape index (κ1) is 14.3. The second-order valence-electron chi connectivity index (χ2n) is 3.66. The van der Waals surface area contributed by atoms with E-state index >= 15 is 0 Å². The Balaban J connectivity index is 2.63. The zero-order chi connectivity index (χ0) is 13.5. The molecule has 18 heavy (non-hydrogen) atoms. The van der Waals surface area contributed by atoms with Gasteiger partial charge in [-0.3, -0.25) is 4.79 Å². The number of carboxylic acid groups (broad SMARTS) is 1. The van der Waals surface area contributed by atoms with Gasteiger partial charge in [0.15, 0.2) is 0 Å². The fraction of sp³-hybridized carbons (Fsp3) is 0.231. The minimum atomic E-state index is -0.953. The first-order chi connectivity index (χ1) is 8.54. The normalized spacial score (nSPS) is 9.83. The van der Waals surface area contributed by atoms with Gasteiger partial charge in [-0.2, -0.15) is 0 Å². The third kappa shape index (κ3) is 4.25. The monoisotopic (exact) mass is 265 g/mol. The number of amides is 1. The SMILES string of the molecule is C=CCNC(=O)CSc1ccc(C)c(C(=O)O)c1. The molecule has 0 saturated carbocycles. The zero-order valence-corrected chi connectivity index (χ0v) is 10.9. The highest BCUT2D eigenvalue weighted by molar-refractivity contribution is 8.00. The van der Waals surface area contributed by atoms with Crippen LogP contribution in [0.4, 0.5) is 0 Å². The number of carboxylic acids is 1. The standard InChI is InChI=1S/C13H15NO3S/c1-3-6-14-12(15)8-18-10-5-4-9(2)11(7-10)13(16)17/h3-5,7H,1,6,8H2,2H3,(H,14,15)(H,16,17). The summed E-state index contributed by atoms with van der Waals surface area (Å²) < 4.78 is 0. The molecule has 0 spiro atoms. The van der Waals surface area contributed by atoms with E-state index in [-0.39, 0.29) is 17.2 Å². The number of nitrogens with one attached hydrogen (secondary N) is 1. The van der Waals surface area contributed by atoms with Crippen LogP contribution in [-0.2, 0) is 4.79 Å². The molecule has 0 fully saturated rings. The summed E-state index contributed by atoms with van der Waals surface area (Å²) in [6, 6.07) is 5.14. The lowest BCUT2D eigenvalue weighted by Gasteiger charge is -2.05. The zero-order valence-electron chi connectivity index (χ0n) is 10.1. The van der Waals surface area contributed by atoms with Crippen molar-refractivity contribution < 1.29 is 14.7 Å². The van der Waals surface area contributed by atoms with Gasteiger partial charge in [0.25, 0.3) is 0 Å². The first-order valence-corrected chi connectivity index (χ1v) is 6.37. The smallest absolute Gasteiger partial charge is 0.335 e. The van der Waals surface area contributed by atoms with Gasteiger partial charge >= 0.3 is 5.97 Å². The van der Waals surface area contributed by atoms with Crippen LogP contribution < -0.4 is 5.32 Å². The summed E-state index contributed by atoms with van der Waals surface area (Å²) in [7, 11) is 0. The molecule has 1 rings (SSSR count). The molecule has 2 N–H and O–H groups in total. The van der Waals surface area contributed by atoms with E-state index in [0.717, 1.165) is 4.90 Å². The largest absolute Gasteiger partial charge is 0.478 e. The van der Waals surface area contributed by atoms with E-state index < -0.39 is 5.97 Å². The Morgan fingerprint density at radius 1 is 1.50 bits per heavy atom. The third-order valence-electron chi connectivity index (χ3n) is 2.25. The number of aryl methyl sites for hydroxylation is 1. The second kappa shape index (κ2) is 6.86. The van der Waals surface area contributed by atoms with E-state index in [1.807, 2.05) is 6.07 Å². The molecule has 0 aliphatic carbocycles. The Labute approximate surface area is 110 Å². The molecule has 0 bridgehead atoms. The van der Waals surface area contributed by atoms with Crippen molar-refractivity contribution in [1.82, 2.24) is 5.32 Å². The summed E-state index contributed by atoms with van der Waals surface area (Å²) in [5, 5.41) is 11.6. The molecule has 0 aliphatic rings. The topological polar surface area (TPSA) is 66.4 Å². The van der Waals surface area contributed by atoms with Gasteiger partial charge in [0, 0.05) is 11.4 Å². The van der Waals surface area contributed by atoms with Crippen LogP contribution in [0.3, 0.4) is 0 Å². The van der Waals surface area contributed by atoms with Crippen molar-refractivity contribution in [3.63, 3.8) is 0 Å². The molecular formula is C13H15NO3S. The first-order valence-electron chi connectivity index (χ1n) is 5.39. The van der Waals surface area contributed by atoms with Crippen LogP contribution in [0.25, 0.3) is 0 Å². The van der Waals surface area contributed by atoms with Crippen molar-refractivity contribution >= 4 is 23.6 Å². The average molecular weight is 265 g/mol. The Hall–Kier alpha value is -1.75. The van der Waals surface area contributed by atoms with E-state index in [9.17, 15) is 9.59 Å². The Morgan fingerprint density at radius 3 is 2.83 bits per heavy atom. The van der Waals surface area contributed by atoms with Gasteiger partial charge in [-0.05, 0) is 24.6 Å². The van der Waals surface area contributed by atoms with Gasteiger partial charge in [0.05, 0.1) is 11.3 Å². The summed E-state index contributed by atoms with van der Waals surface area (Å²) in [6.45, 7) is 5.69. The van der Waals surface area contributed by atoms with E-state index in [0.29, 0.717) is 12.1 Å². The highest BCUT2D eigenvalue weighted by Crippen LogP contribution is 2.21. The number of aromatic carboxylic acids is 1. The van der Waals surface area contributed by atoms with Crippen LogP contribution in [0.1, 0.15) is 15.9 Å². The van der Waals surface area contributed by atoms with Gasteiger partial charge in [-0.1, -0.05) is 12.1 Å². The lowest BCUT2D eigenvalue weighted by Crippen LogP contribution is -2.24. The molecule has 0 unspecified atom stereocenters. The highest BCUT2D eigenvalue weighted by atomic mass is 32.2. The van der Waals surface area contributed by atoms with E-state index in [1.54, 1.807) is 25.1 Å². The van der Waals surface area contributed by atoms with E-state index in [4.69, 9.17) is 5.11 Å². The fourth-order valence-electron chi connectivity index (χ4n) is 1.31. The van der Waals surface area contributed by atoms with Crippen molar-refractivity contribution in [3.8, 4) is 0 Å². The molecule has 1 amide bonds. The van der Waals surface area contributed by atoms with Crippen molar-refractivity contribution in [2.75, 3.05) is 12.3 Å². The predicted octanol–water partition coefficient (Wildman–Crippen LogP) is 2.09. The summed E-state index contributed by atoms with van der Waals surface area (Å²) in [5.41, 5.74) is 0.981. The summed E-state index contributed by atoms with van der Waals surface area (Å²) in [4.78, 5) is 23.1. The molecule has 5 heteroatoms. The molecule has 1 aromatic carbocycles. The molecule has 0 aliphatic heterocycles. The Kier molecular flexibility index (Phi) is 5.45. The highest BCUT2D eigenvalue weighted by Gasteiger charge is 2.09. The number of carbonyl (C=O) groups is 2. The van der Waals surface area contributed by atoms with Crippen molar-refractivity contribution in [2.24, 2.45) is 0 Å². The number of carbonyl (C=O) groups excluding carboxylic acids is 1. The second-order valence-corrected chi connectivity index (χ2v) is 4.71. The van der Waals surface area contributed by atoms with Crippen molar-refractivity contribution in [3.05, 3.63) is 42.0 Å². The summed E-state index contributed by atoms with van der Waals surface area (Å²) >= 11 is 1.31. The average Bonchev–Trinajstić information content (AvgIpc) is 2.35. The molecule has 0 radical (unpaired) electrons. The molecule has 0 aromatic heterocycles. The molecular weight excluding hydrogens is 250 g/mol. The maximum absolute atomic E-state index is 11.4. The molecule has 1 aromatic rings. The molecule has 4 nitrogen and oxygen atoms in total. The fourth-order valence-corrected chi connectivity index (χ4v) is 2.07. The lowest BCUT2D eigenvalue weighted by atomic mass is 10.1. The number of benzene rings is 1. The molecule has 0 atom stereocenters. The number of hydrogen-bond donors (Lipinski definition) is 2. The van der Waals surface area contributed by atoms with Crippen molar-refractivity contribution in [2.45, 2.75) is 11.8 Å².